The van der Waals surface area contributed by atoms with Gasteiger partial charge < -0.3 is 10.2 Å². The number of halogens is 1. The van der Waals surface area contributed by atoms with Crippen molar-refractivity contribution in [1.82, 2.24) is 24.5 Å². The second-order valence-electron chi connectivity index (χ2n) is 5.19. The number of nitrogens with zero attached hydrogens (tertiary/aromatic N) is 5. The first-order chi connectivity index (χ1) is 10.1. The van der Waals surface area contributed by atoms with Crippen molar-refractivity contribution in [3.05, 3.63) is 17.5 Å². The number of nitrogens with one attached hydrogen (secondary N) is 1. The van der Waals surface area contributed by atoms with Crippen molar-refractivity contribution in [2.24, 2.45) is 0 Å². The van der Waals surface area contributed by atoms with Crippen molar-refractivity contribution >= 4 is 29.1 Å². The number of carbonyl (C=O) groups is 1. The third-order valence-electron chi connectivity index (χ3n) is 3.62. The molecule has 7 nitrogen and oxygen atoms in total. The minimum absolute atomic E-state index is 0.0934. The lowest BCUT2D eigenvalue weighted by Crippen LogP contribution is -2.44. The molecule has 8 heteroatoms. The third-order valence-corrected chi connectivity index (χ3v) is 3.82. The highest BCUT2D eigenvalue weighted by Crippen LogP contribution is 2.17. The molecule has 0 aliphatic carbocycles. The number of likely N-dealkylation sites (tertiary alicyclic amines) is 1. The van der Waals surface area contributed by atoms with Gasteiger partial charge in [0.25, 0.3) is 5.78 Å². The average molecular weight is 309 g/mol. The van der Waals surface area contributed by atoms with E-state index in [9.17, 15) is 4.79 Å². The molecule has 1 fully saturated rings. The van der Waals surface area contributed by atoms with E-state index < -0.39 is 0 Å². The van der Waals surface area contributed by atoms with Gasteiger partial charge in [-0.05, 0) is 26.2 Å². The monoisotopic (exact) mass is 308 g/mol. The van der Waals surface area contributed by atoms with E-state index in [0.29, 0.717) is 16.7 Å². The molecule has 1 unspecified atom stereocenters. The Bertz CT molecular complexity index is 651. The summed E-state index contributed by atoms with van der Waals surface area (Å²) in [6, 6.07) is 1.29. The molecule has 1 atom stereocenters. The van der Waals surface area contributed by atoms with Crippen LogP contribution in [0.3, 0.4) is 0 Å². The van der Waals surface area contributed by atoms with Crippen molar-refractivity contribution in [3.63, 3.8) is 0 Å². The summed E-state index contributed by atoms with van der Waals surface area (Å²) in [6.07, 6.45) is 4.76. The minimum atomic E-state index is -0.353. The van der Waals surface area contributed by atoms with Crippen LogP contribution in [0.5, 0.6) is 0 Å². The number of carbonyl (C=O) groups excluding carboxylic acids is 1. The van der Waals surface area contributed by atoms with E-state index in [2.05, 4.69) is 20.4 Å². The van der Waals surface area contributed by atoms with Gasteiger partial charge in [-0.15, -0.1) is 0 Å². The molecule has 1 saturated heterocycles. The molecule has 0 bridgehead atoms. The first-order valence-electron chi connectivity index (χ1n) is 7.07. The van der Waals surface area contributed by atoms with E-state index >= 15 is 0 Å². The van der Waals surface area contributed by atoms with E-state index in [1.165, 1.54) is 17.3 Å². The Morgan fingerprint density at radius 3 is 2.90 bits per heavy atom. The number of hydrogen-bond donors (Lipinski definition) is 1. The lowest BCUT2D eigenvalue weighted by molar-refractivity contribution is -0.132. The number of aromatic nitrogens is 4. The van der Waals surface area contributed by atoms with E-state index in [-0.39, 0.29) is 11.9 Å². The van der Waals surface area contributed by atoms with Gasteiger partial charge in [-0.3, -0.25) is 4.79 Å². The first kappa shape index (κ1) is 14.1. The second-order valence-corrected chi connectivity index (χ2v) is 5.58. The predicted octanol–water partition coefficient (Wildman–Crippen LogP) is 1.59. The molecule has 3 rings (SSSR count). The predicted molar refractivity (Wildman–Crippen MR) is 79.3 cm³/mol. The van der Waals surface area contributed by atoms with Crippen LogP contribution in [-0.2, 0) is 4.79 Å². The Hall–Kier alpha value is -1.89. The van der Waals surface area contributed by atoms with Gasteiger partial charge in [0.15, 0.2) is 0 Å². The van der Waals surface area contributed by atoms with Crippen LogP contribution in [-0.4, -0.2) is 49.5 Å². The topological polar surface area (TPSA) is 75.4 Å². The third kappa shape index (κ3) is 2.92. The molecule has 0 saturated carbocycles. The molecular formula is C13H17ClN6O. The standard InChI is InChI=1S/C13H17ClN6O/c1-9(12(21)19-5-3-2-4-6-19)17-11-7-10(14)18-13-15-8-16-20(11)13/h7-9,17H,2-6H2,1H3. The van der Waals surface area contributed by atoms with Crippen molar-refractivity contribution in [3.8, 4) is 0 Å². The van der Waals surface area contributed by atoms with Crippen molar-refractivity contribution in [2.45, 2.75) is 32.2 Å². The van der Waals surface area contributed by atoms with E-state index in [4.69, 9.17) is 11.6 Å². The van der Waals surface area contributed by atoms with E-state index in [0.717, 1.165) is 25.9 Å². The van der Waals surface area contributed by atoms with Crippen LogP contribution in [0.15, 0.2) is 12.4 Å². The maximum absolute atomic E-state index is 12.4. The zero-order valence-corrected chi connectivity index (χ0v) is 12.5. The van der Waals surface area contributed by atoms with E-state index in [1.54, 1.807) is 6.07 Å². The van der Waals surface area contributed by atoms with Crippen LogP contribution >= 0.6 is 11.6 Å². The number of rotatable bonds is 3. The van der Waals surface area contributed by atoms with Gasteiger partial charge in [0.2, 0.25) is 5.91 Å². The van der Waals surface area contributed by atoms with E-state index in [1.807, 2.05) is 11.8 Å². The molecule has 0 aromatic carbocycles. The Morgan fingerprint density at radius 1 is 1.38 bits per heavy atom. The molecule has 1 amide bonds. The van der Waals surface area contributed by atoms with Crippen LogP contribution < -0.4 is 5.32 Å². The SMILES string of the molecule is CC(Nc1cc(Cl)nc2ncnn12)C(=O)N1CCCCC1. The van der Waals surface area contributed by atoms with Gasteiger partial charge in [-0.2, -0.15) is 19.6 Å². The number of anilines is 1. The molecule has 1 aliphatic rings. The quantitative estimate of drug-likeness (QED) is 0.872. The number of piperidine rings is 1. The van der Waals surface area contributed by atoms with Crippen LogP contribution in [0, 0.1) is 0 Å². The largest absolute Gasteiger partial charge is 0.358 e. The van der Waals surface area contributed by atoms with Gasteiger partial charge in [-0.1, -0.05) is 11.6 Å². The van der Waals surface area contributed by atoms with Crippen molar-refractivity contribution in [2.75, 3.05) is 18.4 Å². The number of fused-ring (bicyclic) bond motifs is 1. The van der Waals surface area contributed by atoms with Crippen LogP contribution in [0.1, 0.15) is 26.2 Å². The summed E-state index contributed by atoms with van der Waals surface area (Å²) in [6.45, 7) is 3.51. The molecule has 2 aromatic heterocycles. The zero-order valence-electron chi connectivity index (χ0n) is 11.8. The van der Waals surface area contributed by atoms with Crippen LogP contribution in [0.4, 0.5) is 5.82 Å². The van der Waals surface area contributed by atoms with Crippen molar-refractivity contribution < 1.29 is 4.79 Å². The Labute approximate surface area is 127 Å². The van der Waals surface area contributed by atoms with Crippen LogP contribution in [0.2, 0.25) is 5.15 Å². The minimum Gasteiger partial charge on any atom is -0.358 e. The molecule has 21 heavy (non-hydrogen) atoms. The first-order valence-corrected chi connectivity index (χ1v) is 7.44. The fourth-order valence-electron chi connectivity index (χ4n) is 2.56. The summed E-state index contributed by atoms with van der Waals surface area (Å²) in [5.74, 6) is 1.11. The van der Waals surface area contributed by atoms with Gasteiger partial charge in [0, 0.05) is 19.2 Å². The number of amides is 1. The zero-order chi connectivity index (χ0) is 14.8. The molecule has 1 aliphatic heterocycles. The summed E-state index contributed by atoms with van der Waals surface area (Å²) < 4.78 is 1.53. The van der Waals surface area contributed by atoms with Crippen molar-refractivity contribution in [1.29, 1.82) is 0 Å². The van der Waals surface area contributed by atoms with Gasteiger partial charge in [-0.25, -0.2) is 0 Å². The summed E-state index contributed by atoms with van der Waals surface area (Å²) in [5.41, 5.74) is 0. The summed E-state index contributed by atoms with van der Waals surface area (Å²) in [7, 11) is 0. The Balaban J connectivity index is 1.77. The Kier molecular flexibility index (Phi) is 3.92. The maximum atomic E-state index is 12.4. The molecule has 2 aromatic rings. The Morgan fingerprint density at radius 2 is 2.14 bits per heavy atom. The molecule has 112 valence electrons. The highest BCUT2D eigenvalue weighted by Gasteiger charge is 2.22. The highest BCUT2D eigenvalue weighted by atomic mass is 35.5. The summed E-state index contributed by atoms with van der Waals surface area (Å²) in [5, 5.41) is 7.55. The van der Waals surface area contributed by atoms with Crippen LogP contribution in [0.25, 0.3) is 5.78 Å². The molecule has 1 N–H and O–H groups in total. The molecule has 0 spiro atoms. The lowest BCUT2D eigenvalue weighted by atomic mass is 10.1. The summed E-state index contributed by atoms with van der Waals surface area (Å²) in [4.78, 5) is 22.4. The number of hydrogen-bond acceptors (Lipinski definition) is 5. The summed E-state index contributed by atoms with van der Waals surface area (Å²) >= 11 is 5.96. The lowest BCUT2D eigenvalue weighted by Gasteiger charge is -2.29. The van der Waals surface area contributed by atoms with Gasteiger partial charge >= 0.3 is 0 Å². The normalized spacial score (nSPS) is 17.0. The maximum Gasteiger partial charge on any atom is 0.255 e. The second kappa shape index (κ2) is 5.85. The average Bonchev–Trinajstić information content (AvgIpc) is 2.95. The molecule has 3 heterocycles. The molecular weight excluding hydrogens is 292 g/mol. The fourth-order valence-corrected chi connectivity index (χ4v) is 2.74. The fraction of sp³-hybridized carbons (Fsp3) is 0.538. The van der Waals surface area contributed by atoms with Gasteiger partial charge in [0.05, 0.1) is 0 Å². The van der Waals surface area contributed by atoms with Gasteiger partial charge in [0.1, 0.15) is 23.3 Å². The molecule has 0 radical (unpaired) electrons. The smallest absolute Gasteiger partial charge is 0.255 e. The highest BCUT2D eigenvalue weighted by molar-refractivity contribution is 6.29.